The molecule has 1 amide bonds. The van der Waals surface area contributed by atoms with Crippen LogP contribution in [0.4, 0.5) is 10.5 Å². The summed E-state index contributed by atoms with van der Waals surface area (Å²) in [5.41, 5.74) is 1.15. The van der Waals surface area contributed by atoms with Crippen molar-refractivity contribution in [2.45, 2.75) is 19.8 Å². The van der Waals surface area contributed by atoms with Gasteiger partial charge in [0.25, 0.3) is 0 Å². The molecule has 0 saturated heterocycles. The van der Waals surface area contributed by atoms with Crippen LogP contribution in [0.1, 0.15) is 35.7 Å². The van der Waals surface area contributed by atoms with Crippen LogP contribution in [0.2, 0.25) is 0 Å². The predicted molar refractivity (Wildman–Crippen MR) is 72.7 cm³/mol. The first-order valence-electron chi connectivity index (χ1n) is 5.87. The molecule has 0 aromatic heterocycles. The minimum Gasteiger partial charge on any atom is -0.478 e. The Morgan fingerprint density at radius 2 is 2.16 bits per heavy atom. The fourth-order valence-electron chi connectivity index (χ4n) is 1.49. The van der Waals surface area contributed by atoms with Gasteiger partial charge in [0.1, 0.15) is 6.61 Å². The zero-order valence-corrected chi connectivity index (χ0v) is 11.0. The largest absolute Gasteiger partial charge is 0.478 e. The molecule has 0 bridgehead atoms. The maximum atomic E-state index is 11.4. The first-order valence-corrected chi connectivity index (χ1v) is 5.87. The number of anilines is 1. The highest BCUT2D eigenvalue weighted by Crippen LogP contribution is 2.22. The average molecular weight is 263 g/mol. The van der Waals surface area contributed by atoms with Crippen molar-refractivity contribution in [1.82, 2.24) is 0 Å². The lowest BCUT2D eigenvalue weighted by molar-refractivity contribution is 0.0698. The number of carboxylic acid groups (broad SMARTS) is 1. The molecule has 0 aliphatic rings. The van der Waals surface area contributed by atoms with Gasteiger partial charge in [-0.15, -0.1) is 0 Å². The third-order valence-corrected chi connectivity index (χ3v) is 2.51. The molecule has 0 saturated carbocycles. The summed E-state index contributed by atoms with van der Waals surface area (Å²) in [5.74, 6) is -0.888. The average Bonchev–Trinajstić information content (AvgIpc) is 2.36. The SMILES string of the molecule is C=CCOC(=O)Nc1ccc(C(C)C)cc1C(=O)O. The zero-order valence-electron chi connectivity index (χ0n) is 11.0. The number of hydrogen-bond acceptors (Lipinski definition) is 3. The standard InChI is InChI=1S/C14H17NO4/c1-4-7-19-14(18)15-12-6-5-10(9(2)3)8-11(12)13(16)17/h4-6,8-9H,1,7H2,2-3H3,(H,15,18)(H,16,17). The lowest BCUT2D eigenvalue weighted by Gasteiger charge is -2.12. The minimum absolute atomic E-state index is 0.0433. The Kier molecular flexibility index (Phi) is 5.11. The van der Waals surface area contributed by atoms with Gasteiger partial charge in [-0.25, -0.2) is 9.59 Å². The number of hydrogen-bond donors (Lipinski definition) is 2. The number of carboxylic acids is 1. The van der Waals surface area contributed by atoms with E-state index in [9.17, 15) is 9.59 Å². The molecule has 2 N–H and O–H groups in total. The Morgan fingerprint density at radius 1 is 1.47 bits per heavy atom. The quantitative estimate of drug-likeness (QED) is 0.799. The smallest absolute Gasteiger partial charge is 0.411 e. The van der Waals surface area contributed by atoms with Gasteiger partial charge < -0.3 is 9.84 Å². The summed E-state index contributed by atoms with van der Waals surface area (Å²) >= 11 is 0. The summed E-state index contributed by atoms with van der Waals surface area (Å²) in [5, 5.41) is 11.6. The van der Waals surface area contributed by atoms with Gasteiger partial charge in [0, 0.05) is 0 Å². The molecule has 0 radical (unpaired) electrons. The van der Waals surface area contributed by atoms with Gasteiger partial charge in [0.05, 0.1) is 11.3 Å². The summed E-state index contributed by atoms with van der Waals surface area (Å²) in [6, 6.07) is 4.89. The lowest BCUT2D eigenvalue weighted by Crippen LogP contribution is -2.16. The van der Waals surface area contributed by atoms with Crippen molar-refractivity contribution in [3.8, 4) is 0 Å². The first kappa shape index (κ1) is 14.8. The molecule has 0 fully saturated rings. The van der Waals surface area contributed by atoms with Gasteiger partial charge in [0.15, 0.2) is 0 Å². The highest BCUT2D eigenvalue weighted by atomic mass is 16.5. The van der Waals surface area contributed by atoms with Crippen molar-refractivity contribution in [1.29, 1.82) is 0 Å². The van der Waals surface area contributed by atoms with Crippen LogP contribution in [0.5, 0.6) is 0 Å². The summed E-state index contributed by atoms with van der Waals surface area (Å²) in [4.78, 5) is 22.6. The van der Waals surface area contributed by atoms with Gasteiger partial charge in [-0.05, 0) is 23.6 Å². The van der Waals surface area contributed by atoms with E-state index in [1.165, 1.54) is 6.08 Å². The maximum absolute atomic E-state index is 11.4. The molecule has 0 heterocycles. The minimum atomic E-state index is -1.10. The fourth-order valence-corrected chi connectivity index (χ4v) is 1.49. The van der Waals surface area contributed by atoms with Crippen molar-refractivity contribution in [3.63, 3.8) is 0 Å². The van der Waals surface area contributed by atoms with Gasteiger partial charge in [-0.3, -0.25) is 5.32 Å². The van der Waals surface area contributed by atoms with Crippen LogP contribution in [0.3, 0.4) is 0 Å². The van der Waals surface area contributed by atoms with Crippen LogP contribution >= 0.6 is 0 Å². The molecule has 1 aromatic rings. The molecule has 0 atom stereocenters. The third-order valence-electron chi connectivity index (χ3n) is 2.51. The van der Waals surface area contributed by atoms with E-state index >= 15 is 0 Å². The van der Waals surface area contributed by atoms with E-state index in [4.69, 9.17) is 9.84 Å². The lowest BCUT2D eigenvalue weighted by atomic mass is 10.00. The van der Waals surface area contributed by atoms with E-state index in [-0.39, 0.29) is 23.8 Å². The molecule has 5 nitrogen and oxygen atoms in total. The van der Waals surface area contributed by atoms with Gasteiger partial charge >= 0.3 is 12.1 Å². The zero-order chi connectivity index (χ0) is 14.4. The molecule has 0 unspecified atom stereocenters. The molecular formula is C14H17NO4. The fraction of sp³-hybridized carbons (Fsp3) is 0.286. The van der Waals surface area contributed by atoms with E-state index in [2.05, 4.69) is 11.9 Å². The summed E-state index contributed by atoms with van der Waals surface area (Å²) < 4.78 is 4.75. The number of carbonyl (C=O) groups excluding carboxylic acids is 1. The van der Waals surface area contributed by atoms with Crippen LogP contribution in [0, 0.1) is 0 Å². The Hall–Kier alpha value is -2.30. The van der Waals surface area contributed by atoms with E-state index in [1.807, 2.05) is 13.8 Å². The summed E-state index contributed by atoms with van der Waals surface area (Å²) in [6.45, 7) is 7.41. The highest BCUT2D eigenvalue weighted by molar-refractivity contribution is 5.98. The number of carbonyl (C=O) groups is 2. The van der Waals surface area contributed by atoms with Crippen molar-refractivity contribution >= 4 is 17.7 Å². The Labute approximate surface area is 111 Å². The van der Waals surface area contributed by atoms with Crippen molar-refractivity contribution < 1.29 is 19.4 Å². The van der Waals surface area contributed by atoms with Gasteiger partial charge in [-0.2, -0.15) is 0 Å². The molecule has 102 valence electrons. The van der Waals surface area contributed by atoms with Crippen LogP contribution in [0.25, 0.3) is 0 Å². The molecular weight excluding hydrogens is 246 g/mol. The van der Waals surface area contributed by atoms with Crippen LogP contribution in [-0.2, 0) is 4.74 Å². The van der Waals surface area contributed by atoms with Crippen LogP contribution < -0.4 is 5.32 Å². The second-order valence-electron chi connectivity index (χ2n) is 4.28. The van der Waals surface area contributed by atoms with E-state index < -0.39 is 12.1 Å². The number of benzene rings is 1. The first-order chi connectivity index (χ1) is 8.95. The number of amides is 1. The molecule has 0 spiro atoms. The molecule has 19 heavy (non-hydrogen) atoms. The number of ether oxygens (including phenoxy) is 1. The second-order valence-corrected chi connectivity index (χ2v) is 4.28. The molecule has 0 aliphatic carbocycles. The maximum Gasteiger partial charge on any atom is 0.411 e. The van der Waals surface area contributed by atoms with Crippen LogP contribution in [-0.4, -0.2) is 23.8 Å². The molecule has 1 rings (SSSR count). The summed E-state index contributed by atoms with van der Waals surface area (Å²) in [6.07, 6.45) is 0.721. The molecule has 5 heteroatoms. The third kappa shape index (κ3) is 4.13. The number of aromatic carboxylic acids is 1. The number of nitrogens with one attached hydrogen (secondary N) is 1. The topological polar surface area (TPSA) is 75.6 Å². The molecule has 0 aliphatic heterocycles. The van der Waals surface area contributed by atoms with Gasteiger partial charge in [-0.1, -0.05) is 32.6 Å². The predicted octanol–water partition coefficient (Wildman–Crippen LogP) is 3.24. The summed E-state index contributed by atoms with van der Waals surface area (Å²) in [7, 11) is 0. The van der Waals surface area contributed by atoms with Gasteiger partial charge in [0.2, 0.25) is 0 Å². The van der Waals surface area contributed by atoms with Crippen molar-refractivity contribution in [2.24, 2.45) is 0 Å². The van der Waals surface area contributed by atoms with Crippen molar-refractivity contribution in [3.05, 3.63) is 42.0 Å². The van der Waals surface area contributed by atoms with Crippen LogP contribution in [0.15, 0.2) is 30.9 Å². The highest BCUT2D eigenvalue weighted by Gasteiger charge is 2.14. The Morgan fingerprint density at radius 3 is 2.68 bits per heavy atom. The Balaban J connectivity index is 2.97. The number of rotatable bonds is 5. The monoisotopic (exact) mass is 263 g/mol. The van der Waals surface area contributed by atoms with E-state index in [1.54, 1.807) is 18.2 Å². The molecule has 1 aromatic carbocycles. The van der Waals surface area contributed by atoms with E-state index in [0.717, 1.165) is 5.56 Å². The Bertz CT molecular complexity index is 494. The van der Waals surface area contributed by atoms with Crippen molar-refractivity contribution in [2.75, 3.05) is 11.9 Å². The second kappa shape index (κ2) is 6.58. The normalized spacial score (nSPS) is 10.1. The van der Waals surface area contributed by atoms with E-state index in [0.29, 0.717) is 0 Å².